The van der Waals surface area contributed by atoms with E-state index in [0.29, 0.717) is 48.9 Å². The van der Waals surface area contributed by atoms with Crippen molar-refractivity contribution >= 4 is 16.0 Å². The lowest BCUT2D eigenvalue weighted by atomic mass is 10.1. The van der Waals surface area contributed by atoms with Gasteiger partial charge in [-0.25, -0.2) is 13.2 Å². The summed E-state index contributed by atoms with van der Waals surface area (Å²) in [6.45, 7) is 6.56. The first-order valence-electron chi connectivity index (χ1n) is 8.58. The van der Waals surface area contributed by atoms with Gasteiger partial charge in [0.1, 0.15) is 12.4 Å². The molecule has 8 nitrogen and oxygen atoms in total. The zero-order valence-corrected chi connectivity index (χ0v) is 16.3. The number of aryl methyl sites for hydroxylation is 3. The van der Waals surface area contributed by atoms with E-state index >= 15 is 0 Å². The van der Waals surface area contributed by atoms with Crippen molar-refractivity contribution in [1.29, 1.82) is 0 Å². The van der Waals surface area contributed by atoms with Crippen LogP contribution >= 0.6 is 0 Å². The van der Waals surface area contributed by atoms with Crippen LogP contribution in [-0.2, 0) is 26.1 Å². The van der Waals surface area contributed by atoms with Crippen molar-refractivity contribution in [3.8, 4) is 0 Å². The molecule has 0 radical (unpaired) electrons. The van der Waals surface area contributed by atoms with Crippen LogP contribution in [0.25, 0.3) is 0 Å². The highest BCUT2D eigenvalue weighted by atomic mass is 32.2. The van der Waals surface area contributed by atoms with Crippen molar-refractivity contribution < 1.29 is 27.2 Å². The van der Waals surface area contributed by atoms with Gasteiger partial charge in [0.2, 0.25) is 10.0 Å². The zero-order chi connectivity index (χ0) is 19.6. The summed E-state index contributed by atoms with van der Waals surface area (Å²) in [6.07, 6.45) is 0. The van der Waals surface area contributed by atoms with Gasteiger partial charge in [0.15, 0.2) is 0 Å². The third kappa shape index (κ3) is 4.05. The number of hydrogen-bond donors (Lipinski definition) is 0. The van der Waals surface area contributed by atoms with E-state index in [1.807, 2.05) is 0 Å². The summed E-state index contributed by atoms with van der Waals surface area (Å²) >= 11 is 0. The van der Waals surface area contributed by atoms with E-state index in [9.17, 15) is 13.2 Å². The van der Waals surface area contributed by atoms with Gasteiger partial charge in [-0.15, -0.1) is 0 Å². The van der Waals surface area contributed by atoms with Crippen molar-refractivity contribution in [2.45, 2.75) is 32.3 Å². The van der Waals surface area contributed by atoms with Gasteiger partial charge in [-0.05, 0) is 38.5 Å². The summed E-state index contributed by atoms with van der Waals surface area (Å²) in [6, 6.07) is 4.49. The van der Waals surface area contributed by atoms with Crippen molar-refractivity contribution in [2.75, 3.05) is 26.3 Å². The van der Waals surface area contributed by atoms with Crippen LogP contribution in [0.4, 0.5) is 0 Å². The molecule has 0 spiro atoms. The van der Waals surface area contributed by atoms with Crippen LogP contribution < -0.4 is 0 Å². The maximum absolute atomic E-state index is 12.8. The summed E-state index contributed by atoms with van der Waals surface area (Å²) < 4.78 is 42.6. The summed E-state index contributed by atoms with van der Waals surface area (Å²) in [4.78, 5) is 12.6. The standard InChI is InChI=1S/C18H22N2O6S/c1-12-4-5-15(27(22,23)20-6-8-24-9-7-20)10-16(12)18(21)25-11-17-13(2)19-26-14(17)3/h4-5,10H,6-9,11H2,1-3H3. The van der Waals surface area contributed by atoms with Crippen LogP contribution in [0.2, 0.25) is 0 Å². The molecule has 1 fully saturated rings. The molecule has 0 bridgehead atoms. The Hall–Kier alpha value is -2.23. The first-order valence-corrected chi connectivity index (χ1v) is 10.0. The number of rotatable bonds is 5. The summed E-state index contributed by atoms with van der Waals surface area (Å²) in [5, 5.41) is 3.82. The van der Waals surface area contributed by atoms with Gasteiger partial charge in [-0.1, -0.05) is 11.2 Å². The number of hydrogen-bond acceptors (Lipinski definition) is 7. The highest BCUT2D eigenvalue weighted by Gasteiger charge is 2.27. The number of ether oxygens (including phenoxy) is 2. The van der Waals surface area contributed by atoms with Gasteiger partial charge in [0.05, 0.1) is 34.9 Å². The lowest BCUT2D eigenvalue weighted by Crippen LogP contribution is -2.40. The fourth-order valence-electron chi connectivity index (χ4n) is 2.84. The molecule has 2 aromatic rings. The molecule has 0 atom stereocenters. The normalized spacial score (nSPS) is 15.7. The Morgan fingerprint density at radius 3 is 2.56 bits per heavy atom. The average Bonchev–Trinajstić information content (AvgIpc) is 2.98. The number of aromatic nitrogens is 1. The van der Waals surface area contributed by atoms with Crippen LogP contribution in [0.1, 0.15) is 32.9 Å². The molecular weight excluding hydrogens is 372 g/mol. The molecule has 1 aromatic heterocycles. The number of carbonyl (C=O) groups is 1. The number of morpholine rings is 1. The molecule has 146 valence electrons. The SMILES string of the molecule is Cc1ccc(S(=O)(=O)N2CCOCC2)cc1C(=O)OCc1c(C)noc1C. The Balaban J connectivity index is 1.81. The molecule has 3 rings (SSSR count). The molecule has 9 heteroatoms. The summed E-state index contributed by atoms with van der Waals surface area (Å²) in [5.74, 6) is -0.00723. The fourth-order valence-corrected chi connectivity index (χ4v) is 4.28. The van der Waals surface area contributed by atoms with Crippen LogP contribution in [0.15, 0.2) is 27.6 Å². The average molecular weight is 394 g/mol. The largest absolute Gasteiger partial charge is 0.457 e. The van der Waals surface area contributed by atoms with E-state index < -0.39 is 16.0 Å². The van der Waals surface area contributed by atoms with E-state index in [1.165, 1.54) is 16.4 Å². The van der Waals surface area contributed by atoms with Crippen molar-refractivity contribution in [1.82, 2.24) is 9.46 Å². The van der Waals surface area contributed by atoms with Crippen molar-refractivity contribution in [3.63, 3.8) is 0 Å². The van der Waals surface area contributed by atoms with Gasteiger partial charge in [0, 0.05) is 13.1 Å². The highest BCUT2D eigenvalue weighted by molar-refractivity contribution is 7.89. The smallest absolute Gasteiger partial charge is 0.338 e. The van der Waals surface area contributed by atoms with Crippen LogP contribution in [0, 0.1) is 20.8 Å². The fraction of sp³-hybridized carbons (Fsp3) is 0.444. The molecule has 1 aromatic carbocycles. The Morgan fingerprint density at radius 1 is 1.22 bits per heavy atom. The quantitative estimate of drug-likeness (QED) is 0.715. The van der Waals surface area contributed by atoms with E-state index in [2.05, 4.69) is 5.16 Å². The number of benzene rings is 1. The minimum atomic E-state index is -3.69. The number of carbonyl (C=O) groups excluding carboxylic acids is 1. The Labute approximate surface area is 158 Å². The van der Waals surface area contributed by atoms with Gasteiger partial charge < -0.3 is 14.0 Å². The Morgan fingerprint density at radius 2 is 1.93 bits per heavy atom. The lowest BCUT2D eigenvalue weighted by molar-refractivity contribution is 0.0469. The zero-order valence-electron chi connectivity index (χ0n) is 15.5. The van der Waals surface area contributed by atoms with E-state index in [-0.39, 0.29) is 17.1 Å². The van der Waals surface area contributed by atoms with E-state index in [0.717, 1.165) is 0 Å². The molecule has 27 heavy (non-hydrogen) atoms. The minimum Gasteiger partial charge on any atom is -0.457 e. The molecule has 1 aliphatic heterocycles. The van der Waals surface area contributed by atoms with Crippen LogP contribution in [0.5, 0.6) is 0 Å². The molecule has 0 aliphatic carbocycles. The third-order valence-corrected chi connectivity index (χ3v) is 6.46. The van der Waals surface area contributed by atoms with Gasteiger partial charge in [-0.3, -0.25) is 0 Å². The summed E-state index contributed by atoms with van der Waals surface area (Å²) in [5.41, 5.74) is 2.22. The lowest BCUT2D eigenvalue weighted by Gasteiger charge is -2.26. The van der Waals surface area contributed by atoms with Gasteiger partial charge >= 0.3 is 5.97 Å². The molecule has 0 unspecified atom stereocenters. The summed E-state index contributed by atoms with van der Waals surface area (Å²) in [7, 11) is -3.69. The number of sulfonamides is 1. The minimum absolute atomic E-state index is 0.0138. The first kappa shape index (κ1) is 19.5. The molecule has 0 amide bonds. The predicted octanol–water partition coefficient (Wildman–Crippen LogP) is 1.98. The molecule has 2 heterocycles. The number of esters is 1. The predicted molar refractivity (Wildman–Crippen MR) is 95.9 cm³/mol. The number of nitrogens with zero attached hydrogens (tertiary/aromatic N) is 2. The molecule has 0 saturated carbocycles. The molecule has 1 aliphatic rings. The van der Waals surface area contributed by atoms with Gasteiger partial charge in [-0.2, -0.15) is 4.31 Å². The maximum Gasteiger partial charge on any atom is 0.338 e. The van der Waals surface area contributed by atoms with Crippen molar-refractivity contribution in [3.05, 3.63) is 46.3 Å². The van der Waals surface area contributed by atoms with Crippen molar-refractivity contribution in [2.24, 2.45) is 0 Å². The monoisotopic (exact) mass is 394 g/mol. The van der Waals surface area contributed by atoms with E-state index in [4.69, 9.17) is 14.0 Å². The molecule has 1 saturated heterocycles. The van der Waals surface area contributed by atoms with Crippen LogP contribution in [0.3, 0.4) is 0 Å². The highest BCUT2D eigenvalue weighted by Crippen LogP contribution is 2.22. The van der Waals surface area contributed by atoms with E-state index in [1.54, 1.807) is 26.8 Å². The van der Waals surface area contributed by atoms with Gasteiger partial charge in [0.25, 0.3) is 0 Å². The maximum atomic E-state index is 12.8. The molecule has 0 N–H and O–H groups in total. The second-order valence-corrected chi connectivity index (χ2v) is 8.31. The Bertz CT molecular complexity index is 925. The first-order chi connectivity index (χ1) is 12.8. The Kier molecular flexibility index (Phi) is 5.64. The second-order valence-electron chi connectivity index (χ2n) is 6.37. The molecular formula is C18H22N2O6S. The van der Waals surface area contributed by atoms with Crippen LogP contribution in [-0.4, -0.2) is 50.2 Å². The topological polar surface area (TPSA) is 98.9 Å². The third-order valence-electron chi connectivity index (χ3n) is 4.57. The second kappa shape index (κ2) is 7.79.